The average molecular weight is 330 g/mol. The van der Waals surface area contributed by atoms with Crippen molar-refractivity contribution in [3.8, 4) is 0 Å². The fraction of sp³-hybridized carbons (Fsp3) is 0.471. The maximum Gasteiger partial charge on any atom is 0.324 e. The molecule has 7 nitrogen and oxygen atoms in total. The summed E-state index contributed by atoms with van der Waals surface area (Å²) in [6, 6.07) is 6.91. The third kappa shape index (κ3) is 3.12. The first kappa shape index (κ1) is 16.4. The van der Waals surface area contributed by atoms with Crippen LogP contribution in [0.25, 0.3) is 0 Å². The van der Waals surface area contributed by atoms with Gasteiger partial charge < -0.3 is 15.1 Å². The zero-order valence-electron chi connectivity index (χ0n) is 14.0. The largest absolute Gasteiger partial charge is 0.333 e. The van der Waals surface area contributed by atoms with E-state index in [0.717, 1.165) is 18.0 Å². The summed E-state index contributed by atoms with van der Waals surface area (Å²) in [4.78, 5) is 41.8. The Labute approximate surface area is 141 Å². The first-order valence-electron chi connectivity index (χ1n) is 8.13. The number of carbonyl (C=O) groups excluding carboxylic acids is 3. The van der Waals surface area contributed by atoms with Crippen LogP contribution in [0.1, 0.15) is 22.8 Å². The van der Waals surface area contributed by atoms with Crippen molar-refractivity contribution in [1.82, 2.24) is 20.0 Å². The Morgan fingerprint density at radius 1 is 1.25 bits per heavy atom. The monoisotopic (exact) mass is 330 g/mol. The van der Waals surface area contributed by atoms with Crippen LogP contribution in [0, 0.1) is 0 Å². The quantitative estimate of drug-likeness (QED) is 0.820. The molecule has 7 heteroatoms. The van der Waals surface area contributed by atoms with E-state index in [2.05, 4.69) is 10.2 Å². The van der Waals surface area contributed by atoms with Crippen LogP contribution in [-0.2, 0) is 11.3 Å². The Bertz CT molecular complexity index is 660. The summed E-state index contributed by atoms with van der Waals surface area (Å²) in [5.41, 5.74) is 1.25. The van der Waals surface area contributed by atoms with E-state index >= 15 is 0 Å². The van der Waals surface area contributed by atoms with Crippen LogP contribution < -0.4 is 5.32 Å². The number of nitrogens with zero attached hydrogens (tertiary/aromatic N) is 3. The van der Waals surface area contributed by atoms with Crippen molar-refractivity contribution < 1.29 is 14.4 Å². The maximum absolute atomic E-state index is 13.0. The van der Waals surface area contributed by atoms with Crippen molar-refractivity contribution in [3.63, 3.8) is 0 Å². The summed E-state index contributed by atoms with van der Waals surface area (Å²) in [5.74, 6) is -0.312. The molecule has 0 bridgehead atoms. The summed E-state index contributed by atoms with van der Waals surface area (Å²) < 4.78 is 0. The second kappa shape index (κ2) is 6.60. The van der Waals surface area contributed by atoms with Gasteiger partial charge in [-0.3, -0.25) is 14.5 Å². The predicted octanol–water partition coefficient (Wildman–Crippen LogP) is 0.515. The van der Waals surface area contributed by atoms with Crippen LogP contribution in [0.5, 0.6) is 0 Å². The Morgan fingerprint density at radius 2 is 2.00 bits per heavy atom. The van der Waals surface area contributed by atoms with E-state index in [1.807, 2.05) is 31.0 Å². The van der Waals surface area contributed by atoms with Gasteiger partial charge >= 0.3 is 6.03 Å². The molecule has 3 rings (SSSR count). The molecule has 0 aromatic heterocycles. The lowest BCUT2D eigenvalue weighted by Crippen LogP contribution is -2.52. The molecule has 1 atom stereocenters. The third-order valence-corrected chi connectivity index (χ3v) is 4.60. The first-order chi connectivity index (χ1) is 11.5. The van der Waals surface area contributed by atoms with Crippen molar-refractivity contribution in [2.45, 2.75) is 19.5 Å². The smallest absolute Gasteiger partial charge is 0.324 e. The molecule has 4 amide bonds. The van der Waals surface area contributed by atoms with Gasteiger partial charge in [-0.1, -0.05) is 18.2 Å². The molecule has 0 radical (unpaired) electrons. The number of imide groups is 1. The summed E-state index contributed by atoms with van der Waals surface area (Å²) in [5, 5.41) is 2.50. The predicted molar refractivity (Wildman–Crippen MR) is 88.4 cm³/mol. The van der Waals surface area contributed by atoms with Gasteiger partial charge in [0.25, 0.3) is 5.91 Å². The van der Waals surface area contributed by atoms with Crippen LogP contribution in [0.15, 0.2) is 24.3 Å². The molecule has 1 N–H and O–H groups in total. The number of rotatable bonds is 3. The molecule has 0 saturated carbocycles. The standard InChI is InChI=1S/C17H22N4O3/c1-12-10-19(2)7-8-20(12)16(23)14-6-4-3-5-13(14)11-21-15(22)9-18-17(21)24/h3-6,12H,7-11H2,1-2H3,(H,18,24)/t12-/m0/s1. The van der Waals surface area contributed by atoms with E-state index in [1.54, 1.807) is 12.1 Å². The van der Waals surface area contributed by atoms with Gasteiger partial charge in [0.1, 0.15) is 0 Å². The van der Waals surface area contributed by atoms with Gasteiger partial charge in [-0.2, -0.15) is 0 Å². The molecule has 0 unspecified atom stereocenters. The minimum Gasteiger partial charge on any atom is -0.333 e. The molecule has 128 valence electrons. The highest BCUT2D eigenvalue weighted by Crippen LogP contribution is 2.19. The number of likely N-dealkylation sites (N-methyl/N-ethyl adjacent to an activating group) is 1. The molecule has 2 aliphatic heterocycles. The van der Waals surface area contributed by atoms with Gasteiger partial charge in [0.2, 0.25) is 5.91 Å². The van der Waals surface area contributed by atoms with Gasteiger partial charge in [-0.25, -0.2) is 4.79 Å². The third-order valence-electron chi connectivity index (χ3n) is 4.60. The molecular weight excluding hydrogens is 308 g/mol. The minimum atomic E-state index is -0.407. The Hall–Kier alpha value is -2.41. The molecule has 2 fully saturated rings. The van der Waals surface area contributed by atoms with Crippen LogP contribution in [-0.4, -0.2) is 71.8 Å². The normalized spacial score (nSPS) is 22.0. The highest BCUT2D eigenvalue weighted by atomic mass is 16.2. The first-order valence-corrected chi connectivity index (χ1v) is 8.13. The lowest BCUT2D eigenvalue weighted by Gasteiger charge is -2.38. The van der Waals surface area contributed by atoms with Crippen molar-refractivity contribution in [2.75, 3.05) is 33.2 Å². The molecular formula is C17H22N4O3. The fourth-order valence-corrected chi connectivity index (χ4v) is 3.25. The van der Waals surface area contributed by atoms with Crippen molar-refractivity contribution in [1.29, 1.82) is 0 Å². The molecule has 1 aromatic rings. The number of hydrogen-bond acceptors (Lipinski definition) is 4. The Balaban J connectivity index is 1.82. The summed E-state index contributed by atoms with van der Waals surface area (Å²) in [7, 11) is 2.05. The van der Waals surface area contributed by atoms with Crippen molar-refractivity contribution in [3.05, 3.63) is 35.4 Å². The number of urea groups is 1. The zero-order chi connectivity index (χ0) is 17.3. The van der Waals surface area contributed by atoms with E-state index in [0.29, 0.717) is 17.7 Å². The van der Waals surface area contributed by atoms with E-state index in [-0.39, 0.29) is 30.9 Å². The fourth-order valence-electron chi connectivity index (χ4n) is 3.25. The van der Waals surface area contributed by atoms with Gasteiger partial charge in [-0.15, -0.1) is 0 Å². The highest BCUT2D eigenvalue weighted by molar-refractivity contribution is 6.02. The molecule has 2 heterocycles. The van der Waals surface area contributed by atoms with Crippen LogP contribution >= 0.6 is 0 Å². The van der Waals surface area contributed by atoms with E-state index in [1.165, 1.54) is 0 Å². The van der Waals surface area contributed by atoms with E-state index in [9.17, 15) is 14.4 Å². The number of carbonyl (C=O) groups is 3. The number of benzene rings is 1. The summed E-state index contributed by atoms with van der Waals surface area (Å²) >= 11 is 0. The maximum atomic E-state index is 13.0. The van der Waals surface area contributed by atoms with Gasteiger partial charge in [0.15, 0.2) is 0 Å². The van der Waals surface area contributed by atoms with Crippen molar-refractivity contribution in [2.24, 2.45) is 0 Å². The summed E-state index contributed by atoms with van der Waals surface area (Å²) in [6.07, 6.45) is 0. The molecule has 1 aromatic carbocycles. The summed E-state index contributed by atoms with van der Waals surface area (Å²) in [6.45, 7) is 4.52. The Morgan fingerprint density at radius 3 is 2.67 bits per heavy atom. The average Bonchev–Trinajstić information content (AvgIpc) is 2.87. The molecule has 0 spiro atoms. The molecule has 2 aliphatic rings. The number of amides is 4. The second-order valence-electron chi connectivity index (χ2n) is 6.41. The number of hydrogen-bond donors (Lipinski definition) is 1. The molecule has 0 aliphatic carbocycles. The second-order valence-corrected chi connectivity index (χ2v) is 6.41. The topological polar surface area (TPSA) is 73.0 Å². The zero-order valence-corrected chi connectivity index (χ0v) is 14.0. The van der Waals surface area contributed by atoms with Crippen molar-refractivity contribution >= 4 is 17.8 Å². The van der Waals surface area contributed by atoms with Crippen LogP contribution in [0.3, 0.4) is 0 Å². The van der Waals surface area contributed by atoms with Crippen LogP contribution in [0.2, 0.25) is 0 Å². The molecule has 2 saturated heterocycles. The van der Waals surface area contributed by atoms with E-state index < -0.39 is 6.03 Å². The highest BCUT2D eigenvalue weighted by Gasteiger charge is 2.31. The Kier molecular flexibility index (Phi) is 4.53. The van der Waals surface area contributed by atoms with Crippen LogP contribution in [0.4, 0.5) is 4.79 Å². The lowest BCUT2D eigenvalue weighted by atomic mass is 10.0. The van der Waals surface area contributed by atoms with E-state index in [4.69, 9.17) is 0 Å². The molecule has 24 heavy (non-hydrogen) atoms. The minimum absolute atomic E-state index is 0.0183. The number of piperazine rings is 1. The lowest BCUT2D eigenvalue weighted by molar-refractivity contribution is -0.125. The van der Waals surface area contributed by atoms with Gasteiger partial charge in [0.05, 0.1) is 13.1 Å². The van der Waals surface area contributed by atoms with Gasteiger partial charge in [0, 0.05) is 31.2 Å². The van der Waals surface area contributed by atoms with Gasteiger partial charge in [-0.05, 0) is 25.6 Å². The number of nitrogens with one attached hydrogen (secondary N) is 1. The SMILES string of the molecule is C[C@H]1CN(C)CCN1C(=O)c1ccccc1CN1C(=O)CNC1=O.